The number of hydrogen-bond donors (Lipinski definition) is 0. The molecule has 0 atom stereocenters. The molecule has 108 valence electrons. The van der Waals surface area contributed by atoms with E-state index in [2.05, 4.69) is 0 Å². The van der Waals surface area contributed by atoms with Crippen molar-refractivity contribution in [1.29, 1.82) is 0 Å². The molecule has 0 aromatic heterocycles. The van der Waals surface area contributed by atoms with Gasteiger partial charge in [-0.15, -0.1) is 0 Å². The van der Waals surface area contributed by atoms with Gasteiger partial charge < -0.3 is 9.80 Å². The fraction of sp³-hybridized carbons (Fsp3) is 0.867. The number of carbonyl (C=O) groups is 2. The Morgan fingerprint density at radius 2 is 1.58 bits per heavy atom. The minimum Gasteiger partial charge on any atom is -0.341 e. The van der Waals surface area contributed by atoms with Crippen molar-refractivity contribution in [3.8, 4) is 0 Å². The summed E-state index contributed by atoms with van der Waals surface area (Å²) in [6.07, 6.45) is 9.20. The minimum atomic E-state index is 0.0530. The van der Waals surface area contributed by atoms with Gasteiger partial charge in [-0.1, -0.05) is 19.3 Å². The monoisotopic (exact) mass is 266 g/mol. The third-order valence-corrected chi connectivity index (χ3v) is 4.43. The lowest BCUT2D eigenvalue weighted by atomic mass is 9.94. The fourth-order valence-corrected chi connectivity index (χ4v) is 3.28. The second-order valence-corrected chi connectivity index (χ2v) is 5.88. The third-order valence-electron chi connectivity index (χ3n) is 4.43. The van der Waals surface area contributed by atoms with Gasteiger partial charge in [0.1, 0.15) is 0 Å². The number of hydrogen-bond acceptors (Lipinski definition) is 2. The highest BCUT2D eigenvalue weighted by Crippen LogP contribution is 2.23. The van der Waals surface area contributed by atoms with Crippen LogP contribution in [0.15, 0.2) is 0 Å². The molecule has 1 saturated heterocycles. The van der Waals surface area contributed by atoms with Gasteiger partial charge in [0.05, 0.1) is 6.54 Å². The summed E-state index contributed by atoms with van der Waals surface area (Å²) in [4.78, 5) is 27.9. The first-order valence-electron chi connectivity index (χ1n) is 7.73. The SMILES string of the molecule is CC(=O)N(CC(=O)N1CCCCC1)C1CCCCC1. The van der Waals surface area contributed by atoms with Gasteiger partial charge in [0, 0.05) is 26.1 Å². The Labute approximate surface area is 116 Å². The van der Waals surface area contributed by atoms with Gasteiger partial charge in [-0.3, -0.25) is 9.59 Å². The Morgan fingerprint density at radius 3 is 2.16 bits per heavy atom. The van der Waals surface area contributed by atoms with Crippen molar-refractivity contribution in [2.45, 2.75) is 64.3 Å². The molecule has 19 heavy (non-hydrogen) atoms. The molecule has 4 heteroatoms. The molecule has 0 spiro atoms. The predicted molar refractivity (Wildman–Crippen MR) is 74.7 cm³/mol. The molecule has 0 aromatic carbocycles. The van der Waals surface area contributed by atoms with Crippen LogP contribution in [0.25, 0.3) is 0 Å². The van der Waals surface area contributed by atoms with E-state index < -0.39 is 0 Å². The van der Waals surface area contributed by atoms with Crippen molar-refractivity contribution in [3.05, 3.63) is 0 Å². The molecule has 0 N–H and O–H groups in total. The number of rotatable bonds is 3. The second-order valence-electron chi connectivity index (χ2n) is 5.88. The van der Waals surface area contributed by atoms with E-state index in [1.165, 1.54) is 25.7 Å². The Hall–Kier alpha value is -1.06. The van der Waals surface area contributed by atoms with Gasteiger partial charge in [0.25, 0.3) is 0 Å². The quantitative estimate of drug-likeness (QED) is 0.785. The minimum absolute atomic E-state index is 0.0530. The molecule has 2 rings (SSSR count). The maximum absolute atomic E-state index is 12.3. The van der Waals surface area contributed by atoms with Crippen molar-refractivity contribution in [3.63, 3.8) is 0 Å². The number of carbonyl (C=O) groups excluding carboxylic acids is 2. The van der Waals surface area contributed by atoms with E-state index in [0.717, 1.165) is 38.8 Å². The lowest BCUT2D eigenvalue weighted by Gasteiger charge is -2.35. The zero-order valence-corrected chi connectivity index (χ0v) is 12.1. The van der Waals surface area contributed by atoms with Gasteiger partial charge in [0.2, 0.25) is 11.8 Å². The summed E-state index contributed by atoms with van der Waals surface area (Å²) in [5.41, 5.74) is 0. The fourth-order valence-electron chi connectivity index (χ4n) is 3.28. The molecule has 0 unspecified atom stereocenters. The Kier molecular flexibility index (Phi) is 5.23. The Morgan fingerprint density at radius 1 is 1.00 bits per heavy atom. The summed E-state index contributed by atoms with van der Waals surface area (Å²) in [5, 5.41) is 0. The molecule has 0 aromatic rings. The lowest BCUT2D eigenvalue weighted by Crippen LogP contribution is -2.48. The molecule has 4 nitrogen and oxygen atoms in total. The maximum Gasteiger partial charge on any atom is 0.242 e. The summed E-state index contributed by atoms with van der Waals surface area (Å²) in [7, 11) is 0. The molecule has 0 bridgehead atoms. The zero-order valence-electron chi connectivity index (χ0n) is 12.1. The van der Waals surface area contributed by atoms with Crippen molar-refractivity contribution < 1.29 is 9.59 Å². The highest BCUT2D eigenvalue weighted by atomic mass is 16.2. The lowest BCUT2D eigenvalue weighted by molar-refractivity contribution is -0.142. The predicted octanol–water partition coefficient (Wildman–Crippen LogP) is 2.18. The van der Waals surface area contributed by atoms with E-state index in [4.69, 9.17) is 0 Å². The van der Waals surface area contributed by atoms with Gasteiger partial charge in [-0.2, -0.15) is 0 Å². The van der Waals surface area contributed by atoms with Crippen molar-refractivity contribution in [2.75, 3.05) is 19.6 Å². The standard InChI is InChI=1S/C15H26N2O2/c1-13(18)17(14-8-4-2-5-9-14)12-15(19)16-10-6-3-7-11-16/h14H,2-12H2,1H3. The van der Waals surface area contributed by atoms with Crippen LogP contribution in [0, 0.1) is 0 Å². The molecular formula is C15H26N2O2. The van der Waals surface area contributed by atoms with Crippen LogP contribution < -0.4 is 0 Å². The number of nitrogens with zero attached hydrogens (tertiary/aromatic N) is 2. The van der Waals surface area contributed by atoms with E-state index in [9.17, 15) is 9.59 Å². The van der Waals surface area contributed by atoms with E-state index in [-0.39, 0.29) is 11.8 Å². The first kappa shape index (κ1) is 14.4. The van der Waals surface area contributed by atoms with E-state index in [1.54, 1.807) is 6.92 Å². The van der Waals surface area contributed by atoms with Crippen LogP contribution >= 0.6 is 0 Å². The molecule has 1 heterocycles. The van der Waals surface area contributed by atoms with E-state index in [0.29, 0.717) is 12.6 Å². The molecule has 1 saturated carbocycles. The van der Waals surface area contributed by atoms with Crippen LogP contribution in [0.3, 0.4) is 0 Å². The summed E-state index contributed by atoms with van der Waals surface area (Å²) in [5.74, 6) is 0.192. The summed E-state index contributed by atoms with van der Waals surface area (Å²) >= 11 is 0. The summed E-state index contributed by atoms with van der Waals surface area (Å²) in [6.45, 7) is 3.63. The normalized spacial score (nSPS) is 21.2. The van der Waals surface area contributed by atoms with Crippen LogP contribution in [0.1, 0.15) is 58.3 Å². The van der Waals surface area contributed by atoms with Crippen LogP contribution in [-0.2, 0) is 9.59 Å². The Balaban J connectivity index is 1.91. The highest BCUT2D eigenvalue weighted by molar-refractivity contribution is 5.84. The summed E-state index contributed by atoms with van der Waals surface area (Å²) < 4.78 is 0. The number of piperidine rings is 1. The highest BCUT2D eigenvalue weighted by Gasteiger charge is 2.27. The third kappa shape index (κ3) is 3.95. The number of amides is 2. The van der Waals surface area contributed by atoms with E-state index >= 15 is 0 Å². The summed E-state index contributed by atoms with van der Waals surface area (Å²) in [6, 6.07) is 0.292. The van der Waals surface area contributed by atoms with Crippen LogP contribution in [0.5, 0.6) is 0 Å². The van der Waals surface area contributed by atoms with Crippen molar-refractivity contribution in [2.24, 2.45) is 0 Å². The van der Waals surface area contributed by atoms with Gasteiger partial charge in [-0.05, 0) is 32.1 Å². The average Bonchev–Trinajstić information content (AvgIpc) is 2.46. The topological polar surface area (TPSA) is 40.6 Å². The largest absolute Gasteiger partial charge is 0.341 e. The molecule has 2 amide bonds. The van der Waals surface area contributed by atoms with Crippen LogP contribution in [0.2, 0.25) is 0 Å². The van der Waals surface area contributed by atoms with Gasteiger partial charge in [-0.25, -0.2) is 0 Å². The van der Waals surface area contributed by atoms with Crippen molar-refractivity contribution in [1.82, 2.24) is 9.80 Å². The smallest absolute Gasteiger partial charge is 0.242 e. The number of likely N-dealkylation sites (tertiary alicyclic amines) is 1. The molecule has 0 radical (unpaired) electrons. The Bertz CT molecular complexity index is 318. The van der Waals surface area contributed by atoms with Crippen molar-refractivity contribution >= 4 is 11.8 Å². The zero-order chi connectivity index (χ0) is 13.7. The van der Waals surface area contributed by atoms with Gasteiger partial charge >= 0.3 is 0 Å². The van der Waals surface area contributed by atoms with Crippen LogP contribution in [-0.4, -0.2) is 47.3 Å². The molecule has 2 aliphatic rings. The first-order chi connectivity index (χ1) is 9.18. The molecular weight excluding hydrogens is 240 g/mol. The average molecular weight is 266 g/mol. The molecule has 1 aliphatic carbocycles. The maximum atomic E-state index is 12.3. The van der Waals surface area contributed by atoms with E-state index in [1.807, 2.05) is 9.80 Å². The second kappa shape index (κ2) is 6.92. The molecule has 1 aliphatic heterocycles. The molecule has 2 fully saturated rings. The van der Waals surface area contributed by atoms with Crippen LogP contribution in [0.4, 0.5) is 0 Å². The first-order valence-corrected chi connectivity index (χ1v) is 7.73. The van der Waals surface area contributed by atoms with Gasteiger partial charge in [0.15, 0.2) is 0 Å².